The van der Waals surface area contributed by atoms with Crippen LogP contribution < -0.4 is 10.6 Å². The molecule has 2 saturated heterocycles. The van der Waals surface area contributed by atoms with Gasteiger partial charge in [0.15, 0.2) is 0 Å². The van der Waals surface area contributed by atoms with Gasteiger partial charge in [0.2, 0.25) is 5.91 Å². The van der Waals surface area contributed by atoms with Crippen LogP contribution >= 0.6 is 0 Å². The van der Waals surface area contributed by atoms with E-state index in [1.165, 1.54) is 12.1 Å². The van der Waals surface area contributed by atoms with Gasteiger partial charge in [0, 0.05) is 52.4 Å². The van der Waals surface area contributed by atoms with E-state index in [4.69, 9.17) is 0 Å². The molecular weight excluding hydrogens is 311 g/mol. The predicted molar refractivity (Wildman–Crippen MR) is 88.1 cm³/mol. The average molecular weight is 334 g/mol. The summed E-state index contributed by atoms with van der Waals surface area (Å²) in [6, 6.07) is 5.96. The van der Waals surface area contributed by atoms with Gasteiger partial charge in [-0.25, -0.2) is 4.39 Å². The standard InChI is InChI=1S/C17H23FN4O2/c18-15-4-2-1-3-14(15)16(23)20-5-6-21-7-9-22(10-8-21)17(24)13-11-19-12-13/h1-4,13,19H,5-12H2,(H,20,23). The quantitative estimate of drug-likeness (QED) is 0.791. The number of hydrogen-bond acceptors (Lipinski definition) is 4. The van der Waals surface area contributed by atoms with Crippen LogP contribution in [-0.4, -0.2) is 74.0 Å². The van der Waals surface area contributed by atoms with E-state index in [2.05, 4.69) is 15.5 Å². The normalized spacial score (nSPS) is 19.0. The first-order valence-electron chi connectivity index (χ1n) is 8.40. The van der Waals surface area contributed by atoms with E-state index in [-0.39, 0.29) is 23.3 Å². The van der Waals surface area contributed by atoms with Crippen LogP contribution in [0.4, 0.5) is 4.39 Å². The molecule has 24 heavy (non-hydrogen) atoms. The minimum absolute atomic E-state index is 0.0713. The first kappa shape index (κ1) is 16.9. The predicted octanol–water partition coefficient (Wildman–Crippen LogP) is -0.0809. The van der Waals surface area contributed by atoms with E-state index in [1.807, 2.05) is 4.90 Å². The van der Waals surface area contributed by atoms with Crippen molar-refractivity contribution in [2.45, 2.75) is 0 Å². The van der Waals surface area contributed by atoms with Gasteiger partial charge in [-0.15, -0.1) is 0 Å². The Hall–Kier alpha value is -1.99. The summed E-state index contributed by atoms with van der Waals surface area (Å²) in [5.41, 5.74) is 0.0713. The van der Waals surface area contributed by atoms with Gasteiger partial charge in [0.25, 0.3) is 5.91 Å². The molecule has 2 heterocycles. The second-order valence-corrected chi connectivity index (χ2v) is 6.26. The lowest BCUT2D eigenvalue weighted by Crippen LogP contribution is -2.56. The lowest BCUT2D eigenvalue weighted by atomic mass is 10.0. The summed E-state index contributed by atoms with van der Waals surface area (Å²) in [6.45, 7) is 5.83. The number of nitrogens with one attached hydrogen (secondary N) is 2. The molecular formula is C17H23FN4O2. The van der Waals surface area contributed by atoms with Crippen LogP contribution in [0.2, 0.25) is 0 Å². The molecule has 0 bridgehead atoms. The van der Waals surface area contributed by atoms with Gasteiger partial charge in [0.05, 0.1) is 11.5 Å². The van der Waals surface area contributed by atoms with E-state index in [0.717, 1.165) is 39.3 Å². The molecule has 2 aliphatic heterocycles. The molecule has 1 aromatic carbocycles. The fourth-order valence-electron chi connectivity index (χ4n) is 2.98. The molecule has 2 aliphatic rings. The van der Waals surface area contributed by atoms with E-state index in [9.17, 15) is 14.0 Å². The van der Waals surface area contributed by atoms with Gasteiger partial charge in [-0.3, -0.25) is 14.5 Å². The van der Waals surface area contributed by atoms with Crippen molar-refractivity contribution >= 4 is 11.8 Å². The van der Waals surface area contributed by atoms with Crippen LogP contribution in [0, 0.1) is 11.7 Å². The molecule has 2 amide bonds. The Morgan fingerprint density at radius 1 is 1.17 bits per heavy atom. The smallest absolute Gasteiger partial charge is 0.254 e. The fourth-order valence-corrected chi connectivity index (χ4v) is 2.98. The van der Waals surface area contributed by atoms with Gasteiger partial charge in [0.1, 0.15) is 5.82 Å². The number of benzene rings is 1. The highest BCUT2D eigenvalue weighted by Crippen LogP contribution is 2.11. The van der Waals surface area contributed by atoms with Crippen LogP contribution in [0.25, 0.3) is 0 Å². The Labute approximate surface area is 141 Å². The SMILES string of the molecule is O=C(NCCN1CCN(C(=O)C2CNC2)CC1)c1ccccc1F. The van der Waals surface area contributed by atoms with Crippen molar-refractivity contribution in [2.75, 3.05) is 52.4 Å². The highest BCUT2D eigenvalue weighted by atomic mass is 19.1. The zero-order valence-corrected chi connectivity index (χ0v) is 13.6. The third kappa shape index (κ3) is 3.91. The van der Waals surface area contributed by atoms with Gasteiger partial charge in [-0.05, 0) is 12.1 Å². The van der Waals surface area contributed by atoms with Crippen molar-refractivity contribution in [1.82, 2.24) is 20.4 Å². The lowest BCUT2D eigenvalue weighted by molar-refractivity contribution is -0.138. The minimum atomic E-state index is -0.507. The molecule has 0 aliphatic carbocycles. The summed E-state index contributed by atoms with van der Waals surface area (Å²) in [5, 5.41) is 5.87. The third-order valence-electron chi connectivity index (χ3n) is 4.65. The van der Waals surface area contributed by atoms with Crippen molar-refractivity contribution in [3.8, 4) is 0 Å². The number of amides is 2. The van der Waals surface area contributed by atoms with Crippen molar-refractivity contribution < 1.29 is 14.0 Å². The van der Waals surface area contributed by atoms with Crippen LogP contribution in [0.15, 0.2) is 24.3 Å². The number of nitrogens with zero attached hydrogens (tertiary/aromatic N) is 2. The molecule has 0 spiro atoms. The molecule has 2 fully saturated rings. The minimum Gasteiger partial charge on any atom is -0.351 e. The number of carbonyl (C=O) groups is 2. The molecule has 1 aromatic rings. The molecule has 0 saturated carbocycles. The summed E-state index contributed by atoms with van der Waals surface area (Å²) in [7, 11) is 0. The summed E-state index contributed by atoms with van der Waals surface area (Å²) in [4.78, 5) is 28.2. The summed E-state index contributed by atoms with van der Waals surface area (Å²) in [5.74, 6) is -0.495. The third-order valence-corrected chi connectivity index (χ3v) is 4.65. The van der Waals surface area contributed by atoms with E-state index < -0.39 is 5.82 Å². The zero-order valence-electron chi connectivity index (χ0n) is 13.6. The first-order chi connectivity index (χ1) is 11.6. The Kier molecular flexibility index (Phi) is 5.42. The fraction of sp³-hybridized carbons (Fsp3) is 0.529. The highest BCUT2D eigenvalue weighted by molar-refractivity contribution is 5.94. The highest BCUT2D eigenvalue weighted by Gasteiger charge is 2.30. The maximum atomic E-state index is 13.5. The molecule has 0 aromatic heterocycles. The first-order valence-corrected chi connectivity index (χ1v) is 8.40. The summed E-state index contributed by atoms with van der Waals surface area (Å²) < 4.78 is 13.5. The molecule has 3 rings (SSSR count). The van der Waals surface area contributed by atoms with Gasteiger partial charge < -0.3 is 15.5 Å². The van der Waals surface area contributed by atoms with Crippen LogP contribution in [0.5, 0.6) is 0 Å². The maximum absolute atomic E-state index is 13.5. The monoisotopic (exact) mass is 334 g/mol. The summed E-state index contributed by atoms with van der Waals surface area (Å²) >= 11 is 0. The Morgan fingerprint density at radius 2 is 1.88 bits per heavy atom. The molecule has 0 unspecified atom stereocenters. The van der Waals surface area contributed by atoms with Crippen LogP contribution in [0.1, 0.15) is 10.4 Å². The Bertz CT molecular complexity index is 598. The van der Waals surface area contributed by atoms with Crippen molar-refractivity contribution in [3.63, 3.8) is 0 Å². The average Bonchev–Trinajstić information content (AvgIpc) is 2.54. The zero-order chi connectivity index (χ0) is 16.9. The van der Waals surface area contributed by atoms with Crippen molar-refractivity contribution in [1.29, 1.82) is 0 Å². The van der Waals surface area contributed by atoms with Crippen LogP contribution in [-0.2, 0) is 4.79 Å². The molecule has 6 nitrogen and oxygen atoms in total. The maximum Gasteiger partial charge on any atom is 0.254 e. The molecule has 2 N–H and O–H groups in total. The van der Waals surface area contributed by atoms with E-state index in [1.54, 1.807) is 12.1 Å². The number of piperazine rings is 1. The molecule has 7 heteroatoms. The van der Waals surface area contributed by atoms with E-state index >= 15 is 0 Å². The molecule has 130 valence electrons. The van der Waals surface area contributed by atoms with Gasteiger partial charge >= 0.3 is 0 Å². The number of rotatable bonds is 5. The van der Waals surface area contributed by atoms with Gasteiger partial charge in [-0.1, -0.05) is 12.1 Å². The number of halogens is 1. The largest absolute Gasteiger partial charge is 0.351 e. The Morgan fingerprint density at radius 3 is 2.50 bits per heavy atom. The number of hydrogen-bond donors (Lipinski definition) is 2. The topological polar surface area (TPSA) is 64.7 Å². The Balaban J connectivity index is 1.37. The van der Waals surface area contributed by atoms with E-state index in [0.29, 0.717) is 13.1 Å². The van der Waals surface area contributed by atoms with Crippen molar-refractivity contribution in [2.24, 2.45) is 5.92 Å². The summed E-state index contributed by atoms with van der Waals surface area (Å²) in [6.07, 6.45) is 0. The van der Waals surface area contributed by atoms with Gasteiger partial charge in [-0.2, -0.15) is 0 Å². The van der Waals surface area contributed by atoms with Crippen molar-refractivity contribution in [3.05, 3.63) is 35.6 Å². The molecule has 0 atom stereocenters. The second-order valence-electron chi connectivity index (χ2n) is 6.26. The molecule has 0 radical (unpaired) electrons. The second kappa shape index (κ2) is 7.72. The number of carbonyl (C=O) groups excluding carboxylic acids is 2. The van der Waals surface area contributed by atoms with Crippen LogP contribution in [0.3, 0.4) is 0 Å². The lowest BCUT2D eigenvalue weighted by Gasteiger charge is -2.38.